The predicted octanol–water partition coefficient (Wildman–Crippen LogP) is 4.32. The van der Waals surface area contributed by atoms with E-state index in [1.807, 2.05) is 0 Å². The minimum absolute atomic E-state index is 0.0720. The van der Waals surface area contributed by atoms with Gasteiger partial charge < -0.3 is 0 Å². The van der Waals surface area contributed by atoms with Gasteiger partial charge in [0.25, 0.3) is 5.56 Å². The fraction of sp³-hybridized carbons (Fsp3) is 0.0909. The molecule has 0 bridgehead atoms. The van der Waals surface area contributed by atoms with Crippen LogP contribution in [0.1, 0.15) is 5.69 Å². The fourth-order valence-electron chi connectivity index (χ4n) is 1.49. The summed E-state index contributed by atoms with van der Waals surface area (Å²) in [6.45, 7) is 0. The Hall–Kier alpha value is -1.05. The standard InChI is InChI=1S/C11H4BrCl2F3N2O/c12-5-1-6(13)10(7(14)2-5)19-4-18-8(3-9(19)20)11(15,16)17/h1-4H. The van der Waals surface area contributed by atoms with Crippen molar-refractivity contribution in [3.63, 3.8) is 0 Å². The van der Waals surface area contributed by atoms with E-state index in [9.17, 15) is 18.0 Å². The molecule has 2 aromatic rings. The van der Waals surface area contributed by atoms with Crippen molar-refractivity contribution >= 4 is 39.1 Å². The van der Waals surface area contributed by atoms with Crippen molar-refractivity contribution in [3.8, 4) is 5.69 Å². The second kappa shape index (κ2) is 5.38. The molecule has 0 saturated carbocycles. The van der Waals surface area contributed by atoms with Crippen LogP contribution in [0.25, 0.3) is 5.69 Å². The number of alkyl halides is 3. The number of nitrogens with zero attached hydrogens (tertiary/aromatic N) is 2. The summed E-state index contributed by atoms with van der Waals surface area (Å²) in [6.07, 6.45) is -3.95. The van der Waals surface area contributed by atoms with E-state index in [0.29, 0.717) is 10.5 Å². The SMILES string of the molecule is O=c1cc(C(F)(F)F)ncn1-c1c(Cl)cc(Br)cc1Cl. The van der Waals surface area contributed by atoms with Crippen LogP contribution in [0.2, 0.25) is 10.0 Å². The van der Waals surface area contributed by atoms with E-state index >= 15 is 0 Å². The molecular weight excluding hydrogens is 384 g/mol. The van der Waals surface area contributed by atoms with Gasteiger partial charge in [-0.1, -0.05) is 39.1 Å². The average Bonchev–Trinajstić information content (AvgIpc) is 2.28. The molecule has 0 amide bonds. The molecule has 0 unspecified atom stereocenters. The van der Waals surface area contributed by atoms with Crippen LogP contribution in [0.15, 0.2) is 33.8 Å². The zero-order chi connectivity index (χ0) is 15.1. The summed E-state index contributed by atoms with van der Waals surface area (Å²) in [5.74, 6) is 0. The highest BCUT2D eigenvalue weighted by molar-refractivity contribution is 9.10. The summed E-state index contributed by atoms with van der Waals surface area (Å²) in [4.78, 5) is 15.0. The molecule has 1 aromatic carbocycles. The Labute approximate surface area is 129 Å². The molecule has 0 aliphatic carbocycles. The van der Waals surface area contributed by atoms with Crippen LogP contribution in [0.4, 0.5) is 13.2 Å². The van der Waals surface area contributed by atoms with Crippen LogP contribution in [0.5, 0.6) is 0 Å². The number of rotatable bonds is 1. The van der Waals surface area contributed by atoms with Crippen molar-refractivity contribution in [3.05, 3.63) is 55.1 Å². The van der Waals surface area contributed by atoms with Crippen LogP contribution in [0.3, 0.4) is 0 Å². The molecule has 1 aromatic heterocycles. The topological polar surface area (TPSA) is 34.9 Å². The van der Waals surface area contributed by atoms with Crippen LogP contribution < -0.4 is 5.56 Å². The lowest BCUT2D eigenvalue weighted by Gasteiger charge is -2.11. The minimum atomic E-state index is -4.69. The molecule has 2 rings (SSSR count). The molecule has 0 N–H and O–H groups in total. The smallest absolute Gasteiger partial charge is 0.269 e. The highest BCUT2D eigenvalue weighted by Crippen LogP contribution is 2.32. The maximum absolute atomic E-state index is 12.4. The number of halogens is 6. The summed E-state index contributed by atoms with van der Waals surface area (Å²) in [7, 11) is 0. The van der Waals surface area contributed by atoms with Crippen molar-refractivity contribution in [1.29, 1.82) is 0 Å². The molecule has 0 atom stereocenters. The lowest BCUT2D eigenvalue weighted by Crippen LogP contribution is -2.22. The van der Waals surface area contributed by atoms with Gasteiger partial charge in [0.2, 0.25) is 0 Å². The highest BCUT2D eigenvalue weighted by Gasteiger charge is 2.33. The predicted molar refractivity (Wildman–Crippen MR) is 72.6 cm³/mol. The van der Waals surface area contributed by atoms with Crippen LogP contribution in [-0.2, 0) is 6.18 Å². The van der Waals surface area contributed by atoms with Gasteiger partial charge in [0, 0.05) is 10.5 Å². The van der Waals surface area contributed by atoms with Crippen LogP contribution >= 0.6 is 39.1 Å². The van der Waals surface area contributed by atoms with E-state index in [-0.39, 0.29) is 15.7 Å². The second-order valence-electron chi connectivity index (χ2n) is 3.70. The van der Waals surface area contributed by atoms with Crippen molar-refractivity contribution < 1.29 is 13.2 Å². The Balaban J connectivity index is 2.64. The molecule has 0 spiro atoms. The van der Waals surface area contributed by atoms with E-state index < -0.39 is 17.4 Å². The van der Waals surface area contributed by atoms with Gasteiger partial charge in [0.05, 0.1) is 15.7 Å². The van der Waals surface area contributed by atoms with E-state index in [1.165, 1.54) is 12.1 Å². The third-order valence-electron chi connectivity index (χ3n) is 2.32. The van der Waals surface area contributed by atoms with E-state index in [4.69, 9.17) is 23.2 Å². The van der Waals surface area contributed by atoms with E-state index in [0.717, 1.165) is 10.9 Å². The highest BCUT2D eigenvalue weighted by atomic mass is 79.9. The average molecular weight is 388 g/mol. The van der Waals surface area contributed by atoms with Crippen molar-refractivity contribution in [2.24, 2.45) is 0 Å². The largest absolute Gasteiger partial charge is 0.433 e. The zero-order valence-corrected chi connectivity index (χ0v) is 12.5. The lowest BCUT2D eigenvalue weighted by atomic mass is 10.3. The monoisotopic (exact) mass is 386 g/mol. The Morgan fingerprint density at radius 2 is 1.70 bits per heavy atom. The molecule has 0 fully saturated rings. The van der Waals surface area contributed by atoms with Gasteiger partial charge in [-0.05, 0) is 12.1 Å². The third kappa shape index (κ3) is 2.99. The van der Waals surface area contributed by atoms with E-state index in [1.54, 1.807) is 0 Å². The number of benzene rings is 1. The fourth-order valence-corrected chi connectivity index (χ4v) is 2.88. The molecule has 0 radical (unpaired) electrons. The summed E-state index contributed by atoms with van der Waals surface area (Å²) >= 11 is 15.0. The normalized spacial score (nSPS) is 11.7. The molecule has 0 aliphatic rings. The Morgan fingerprint density at radius 1 is 1.15 bits per heavy atom. The second-order valence-corrected chi connectivity index (χ2v) is 5.43. The maximum atomic E-state index is 12.4. The number of hydrogen-bond donors (Lipinski definition) is 0. The van der Waals surface area contributed by atoms with Gasteiger partial charge in [-0.3, -0.25) is 9.36 Å². The van der Waals surface area contributed by atoms with Gasteiger partial charge in [-0.25, -0.2) is 4.98 Å². The minimum Gasteiger partial charge on any atom is -0.269 e. The first-order valence-corrected chi connectivity index (χ1v) is 6.56. The zero-order valence-electron chi connectivity index (χ0n) is 9.38. The van der Waals surface area contributed by atoms with Crippen LogP contribution in [-0.4, -0.2) is 9.55 Å². The lowest BCUT2D eigenvalue weighted by molar-refractivity contribution is -0.141. The first-order valence-electron chi connectivity index (χ1n) is 5.01. The molecule has 9 heteroatoms. The summed E-state index contributed by atoms with van der Waals surface area (Å²) in [6, 6.07) is 3.31. The summed E-state index contributed by atoms with van der Waals surface area (Å²) < 4.78 is 38.8. The molecular formula is C11H4BrCl2F3N2O. The van der Waals surface area contributed by atoms with E-state index in [2.05, 4.69) is 20.9 Å². The summed E-state index contributed by atoms with van der Waals surface area (Å²) in [5, 5.41) is 0.209. The van der Waals surface area contributed by atoms with Crippen molar-refractivity contribution in [2.75, 3.05) is 0 Å². The molecule has 0 aliphatic heterocycles. The molecule has 0 saturated heterocycles. The quantitative estimate of drug-likeness (QED) is 0.730. The van der Waals surface area contributed by atoms with Crippen LogP contribution in [0, 0.1) is 0 Å². The molecule has 106 valence electrons. The Bertz CT molecular complexity index is 707. The number of aromatic nitrogens is 2. The number of hydrogen-bond acceptors (Lipinski definition) is 2. The third-order valence-corrected chi connectivity index (χ3v) is 3.36. The molecule has 20 heavy (non-hydrogen) atoms. The van der Waals surface area contributed by atoms with Gasteiger partial charge in [0.15, 0.2) is 5.69 Å². The molecule has 3 nitrogen and oxygen atoms in total. The first-order chi connectivity index (χ1) is 9.20. The van der Waals surface area contributed by atoms with Crippen molar-refractivity contribution in [1.82, 2.24) is 9.55 Å². The summed E-state index contributed by atoms with van der Waals surface area (Å²) in [5.41, 5.74) is -2.13. The van der Waals surface area contributed by atoms with Gasteiger partial charge >= 0.3 is 6.18 Å². The van der Waals surface area contributed by atoms with Gasteiger partial charge in [-0.15, -0.1) is 0 Å². The van der Waals surface area contributed by atoms with Gasteiger partial charge in [0.1, 0.15) is 6.33 Å². The maximum Gasteiger partial charge on any atom is 0.433 e. The van der Waals surface area contributed by atoms with Crippen molar-refractivity contribution in [2.45, 2.75) is 6.18 Å². The first kappa shape index (κ1) is 15.3. The Kier molecular flexibility index (Phi) is 4.13. The Morgan fingerprint density at radius 3 is 2.15 bits per heavy atom. The molecule has 1 heterocycles. The van der Waals surface area contributed by atoms with Gasteiger partial charge in [-0.2, -0.15) is 13.2 Å².